The number of aromatic nitrogens is 4. The van der Waals surface area contributed by atoms with Crippen LogP contribution in [0.2, 0.25) is 0 Å². The number of halogens is 4. The first-order valence-corrected chi connectivity index (χ1v) is 12.7. The van der Waals surface area contributed by atoms with Gasteiger partial charge >= 0.3 is 12.3 Å². The Bertz CT molecular complexity index is 1760. The summed E-state index contributed by atoms with van der Waals surface area (Å²) in [6, 6.07) is 3.75. The van der Waals surface area contributed by atoms with E-state index in [0.717, 1.165) is 4.57 Å². The molecule has 1 aliphatic rings. The second kappa shape index (κ2) is 9.60. The molecule has 0 spiro atoms. The third kappa shape index (κ3) is 5.11. The number of nitrogens with zero attached hydrogens (tertiary/aromatic N) is 5. The number of benzene rings is 1. The number of fused-ring (bicyclic) bond motifs is 2. The number of hydrogen-bond acceptors (Lipinski definition) is 5. The Morgan fingerprint density at radius 2 is 1.83 bits per heavy atom. The minimum atomic E-state index is -4.98. The van der Waals surface area contributed by atoms with Crippen molar-refractivity contribution in [3.8, 4) is 5.69 Å². The van der Waals surface area contributed by atoms with Crippen LogP contribution >= 0.6 is 0 Å². The smallest absolute Gasteiger partial charge is 0.419 e. The normalized spacial score (nSPS) is 15.9. The summed E-state index contributed by atoms with van der Waals surface area (Å²) in [5.74, 6) is -2.07. The van der Waals surface area contributed by atoms with Crippen LogP contribution in [-0.2, 0) is 24.0 Å². The van der Waals surface area contributed by atoms with Gasteiger partial charge in [0.15, 0.2) is 0 Å². The number of hydrogen-bond donors (Lipinski definition) is 0. The number of aryl methyl sites for hydroxylation is 1. The van der Waals surface area contributed by atoms with Gasteiger partial charge in [0.25, 0.3) is 11.5 Å². The Labute approximate surface area is 231 Å². The summed E-state index contributed by atoms with van der Waals surface area (Å²) in [6.45, 7) is 8.25. The van der Waals surface area contributed by atoms with E-state index in [1.165, 1.54) is 34.1 Å². The van der Waals surface area contributed by atoms with E-state index in [2.05, 4.69) is 4.98 Å². The van der Waals surface area contributed by atoms with E-state index < -0.39 is 46.8 Å². The number of pyridine rings is 1. The van der Waals surface area contributed by atoms with E-state index in [4.69, 9.17) is 4.74 Å². The van der Waals surface area contributed by atoms with Gasteiger partial charge in [0, 0.05) is 36.9 Å². The maximum Gasteiger partial charge on any atom is 0.419 e. The molecule has 0 radical (unpaired) electrons. The molecular weight excluding hydrogens is 546 g/mol. The summed E-state index contributed by atoms with van der Waals surface area (Å²) < 4.78 is 64.6. The minimum absolute atomic E-state index is 0.0571. The predicted molar refractivity (Wildman–Crippen MR) is 140 cm³/mol. The van der Waals surface area contributed by atoms with E-state index in [1.54, 1.807) is 45.4 Å². The van der Waals surface area contributed by atoms with Gasteiger partial charge in [-0.05, 0) is 64.4 Å². The zero-order valence-electron chi connectivity index (χ0n) is 22.9. The second-order valence-corrected chi connectivity index (χ2v) is 11.1. The molecule has 1 aliphatic heterocycles. The van der Waals surface area contributed by atoms with Crippen LogP contribution in [0.15, 0.2) is 47.8 Å². The maximum absolute atomic E-state index is 14.6. The fourth-order valence-corrected chi connectivity index (χ4v) is 4.93. The van der Waals surface area contributed by atoms with Crippen molar-refractivity contribution in [2.45, 2.75) is 65.5 Å². The van der Waals surface area contributed by atoms with Crippen LogP contribution in [0.25, 0.3) is 16.6 Å². The molecule has 4 aromatic rings. The first-order chi connectivity index (χ1) is 19.0. The minimum Gasteiger partial charge on any atom is -0.443 e. The largest absolute Gasteiger partial charge is 0.443 e. The topological polar surface area (TPSA) is 91.4 Å². The summed E-state index contributed by atoms with van der Waals surface area (Å²) in [5.41, 5.74) is -1.65. The third-order valence-electron chi connectivity index (χ3n) is 6.81. The van der Waals surface area contributed by atoms with Crippen LogP contribution in [-0.4, -0.2) is 47.2 Å². The van der Waals surface area contributed by atoms with Crippen molar-refractivity contribution in [3.05, 3.63) is 81.7 Å². The van der Waals surface area contributed by atoms with Crippen LogP contribution in [0.1, 0.15) is 55.0 Å². The van der Waals surface area contributed by atoms with Gasteiger partial charge in [-0.15, -0.1) is 0 Å². The molecule has 0 saturated carbocycles. The number of imidazole rings is 1. The van der Waals surface area contributed by atoms with E-state index >= 15 is 0 Å². The van der Waals surface area contributed by atoms with Crippen molar-refractivity contribution < 1.29 is 31.9 Å². The highest BCUT2D eigenvalue weighted by Gasteiger charge is 2.37. The molecule has 0 N–H and O–H groups in total. The second-order valence-electron chi connectivity index (χ2n) is 11.1. The molecule has 0 bridgehead atoms. The van der Waals surface area contributed by atoms with Gasteiger partial charge in [-0.3, -0.25) is 14.2 Å². The SMILES string of the molecule is Cc1cn(-c2ccc3n(c2=O)CC(C)N(Cc2cn(C(=O)OC(C)(C)C)c4cc(F)c(C(F)(F)F)cc24)C3=O)cn1. The molecule has 1 amide bonds. The van der Waals surface area contributed by atoms with Gasteiger partial charge in [-0.2, -0.15) is 13.2 Å². The van der Waals surface area contributed by atoms with Crippen molar-refractivity contribution in [2.24, 2.45) is 0 Å². The van der Waals surface area contributed by atoms with E-state index in [0.29, 0.717) is 23.5 Å². The average molecular weight is 574 g/mol. The van der Waals surface area contributed by atoms with Crippen molar-refractivity contribution in [3.63, 3.8) is 0 Å². The highest BCUT2D eigenvalue weighted by atomic mass is 19.4. The molecule has 216 valence electrons. The Kier molecular flexibility index (Phi) is 6.58. The quantitative estimate of drug-likeness (QED) is 0.311. The lowest BCUT2D eigenvalue weighted by molar-refractivity contribution is -0.139. The zero-order valence-corrected chi connectivity index (χ0v) is 22.9. The average Bonchev–Trinajstić information content (AvgIpc) is 3.43. The lowest BCUT2D eigenvalue weighted by Crippen LogP contribution is -2.49. The summed E-state index contributed by atoms with van der Waals surface area (Å²) in [6.07, 6.45) is -1.46. The van der Waals surface area contributed by atoms with Gasteiger partial charge in [-0.25, -0.2) is 14.2 Å². The van der Waals surface area contributed by atoms with Gasteiger partial charge in [0.2, 0.25) is 0 Å². The predicted octanol–water partition coefficient (Wildman–Crippen LogP) is 5.28. The van der Waals surface area contributed by atoms with E-state index in [9.17, 15) is 31.9 Å². The molecule has 41 heavy (non-hydrogen) atoms. The molecule has 4 heterocycles. The van der Waals surface area contributed by atoms with Gasteiger partial charge in [0.1, 0.15) is 22.8 Å². The lowest BCUT2D eigenvalue weighted by Gasteiger charge is -2.35. The number of rotatable bonds is 3. The molecule has 9 nitrogen and oxygen atoms in total. The van der Waals surface area contributed by atoms with Crippen molar-refractivity contribution >= 4 is 22.9 Å². The highest BCUT2D eigenvalue weighted by molar-refractivity contribution is 5.95. The molecule has 13 heteroatoms. The Morgan fingerprint density at radius 3 is 2.44 bits per heavy atom. The number of carbonyl (C=O) groups is 2. The summed E-state index contributed by atoms with van der Waals surface area (Å²) >= 11 is 0. The molecule has 5 rings (SSSR count). The number of amides is 1. The Hall–Kier alpha value is -4.42. The fourth-order valence-electron chi connectivity index (χ4n) is 4.93. The van der Waals surface area contributed by atoms with E-state index in [1.807, 2.05) is 0 Å². The van der Waals surface area contributed by atoms with E-state index in [-0.39, 0.29) is 35.2 Å². The molecular formula is C28H27F4N5O4. The van der Waals surface area contributed by atoms with Crippen molar-refractivity contribution in [1.82, 2.24) is 23.6 Å². The standard InChI is InChI=1S/C28H27F4N5O4/c1-15-10-34(14-33-15)21-6-7-22-25(39)35(16(2)11-36(22)24(21)38)12-17-13-37(26(40)41-27(3,4)5)23-9-20(29)19(8-18(17)23)28(30,31)32/h6-10,13-14,16H,11-12H2,1-5H3. The van der Waals surface area contributed by atoms with Crippen molar-refractivity contribution in [1.29, 1.82) is 0 Å². The summed E-state index contributed by atoms with van der Waals surface area (Å²) in [7, 11) is 0. The highest BCUT2D eigenvalue weighted by Crippen LogP contribution is 2.36. The molecule has 1 atom stereocenters. The van der Waals surface area contributed by atoms with Gasteiger partial charge in [-0.1, -0.05) is 0 Å². The zero-order chi connectivity index (χ0) is 30.0. The number of ether oxygens (including phenoxy) is 1. The lowest BCUT2D eigenvalue weighted by atomic mass is 10.1. The molecule has 3 aromatic heterocycles. The van der Waals surface area contributed by atoms with Crippen LogP contribution in [0.3, 0.4) is 0 Å². The van der Waals surface area contributed by atoms with Crippen LogP contribution in [0.4, 0.5) is 22.4 Å². The van der Waals surface area contributed by atoms with Gasteiger partial charge < -0.3 is 18.8 Å². The maximum atomic E-state index is 14.6. The number of alkyl halides is 3. The first-order valence-electron chi connectivity index (χ1n) is 12.7. The Balaban J connectivity index is 1.57. The monoisotopic (exact) mass is 573 g/mol. The molecule has 0 aliphatic carbocycles. The molecule has 1 unspecified atom stereocenters. The van der Waals surface area contributed by atoms with Crippen LogP contribution in [0.5, 0.6) is 0 Å². The third-order valence-corrected chi connectivity index (χ3v) is 6.81. The van der Waals surface area contributed by atoms with Crippen molar-refractivity contribution in [2.75, 3.05) is 0 Å². The molecule has 0 fully saturated rings. The van der Waals surface area contributed by atoms with Crippen LogP contribution < -0.4 is 5.56 Å². The molecule has 1 aromatic carbocycles. The first kappa shape index (κ1) is 28.1. The van der Waals surface area contributed by atoms with Crippen LogP contribution in [0, 0.1) is 12.7 Å². The van der Waals surface area contributed by atoms with Gasteiger partial charge in [0.05, 0.1) is 23.1 Å². The molecule has 0 saturated heterocycles. The fraction of sp³-hybridized carbons (Fsp3) is 0.357. The number of carbonyl (C=O) groups excluding carboxylic acids is 2. The summed E-state index contributed by atoms with van der Waals surface area (Å²) in [5, 5.41) is -0.0571. The Morgan fingerprint density at radius 1 is 1.12 bits per heavy atom. The summed E-state index contributed by atoms with van der Waals surface area (Å²) in [4.78, 5) is 45.3.